The second kappa shape index (κ2) is 4.74. The summed E-state index contributed by atoms with van der Waals surface area (Å²) in [6.07, 6.45) is 4.40. The van der Waals surface area contributed by atoms with E-state index in [2.05, 4.69) is 0 Å². The molecule has 0 radical (unpaired) electrons. The zero-order chi connectivity index (χ0) is 11.4. The van der Waals surface area contributed by atoms with Gasteiger partial charge in [0, 0.05) is 6.07 Å². The van der Waals surface area contributed by atoms with Gasteiger partial charge in [0.05, 0.1) is 7.11 Å². The van der Waals surface area contributed by atoms with Crippen molar-refractivity contribution in [1.82, 2.24) is 0 Å². The van der Waals surface area contributed by atoms with Crippen molar-refractivity contribution in [3.63, 3.8) is 0 Å². The molecule has 0 heterocycles. The van der Waals surface area contributed by atoms with Crippen LogP contribution < -0.4 is 15.2 Å². The molecule has 0 atom stereocenters. The van der Waals surface area contributed by atoms with Gasteiger partial charge >= 0.3 is 0 Å². The van der Waals surface area contributed by atoms with Crippen molar-refractivity contribution >= 4 is 0 Å². The molecule has 1 aromatic rings. The largest absolute Gasteiger partial charge is 0.497 e. The molecule has 2 N–H and O–H groups in total. The smallest absolute Gasteiger partial charge is 0.123 e. The van der Waals surface area contributed by atoms with Crippen LogP contribution in [0.3, 0.4) is 0 Å². The maximum Gasteiger partial charge on any atom is 0.123 e. The minimum atomic E-state index is -0.0128. The first-order valence-electron chi connectivity index (χ1n) is 5.81. The van der Waals surface area contributed by atoms with E-state index >= 15 is 0 Å². The summed E-state index contributed by atoms with van der Waals surface area (Å²) < 4.78 is 11.2. The third kappa shape index (κ3) is 2.30. The molecule has 1 aliphatic carbocycles. The van der Waals surface area contributed by atoms with Gasteiger partial charge in [-0.2, -0.15) is 0 Å². The molecule has 0 saturated heterocycles. The Morgan fingerprint density at radius 1 is 1.31 bits per heavy atom. The van der Waals surface area contributed by atoms with Crippen molar-refractivity contribution < 1.29 is 9.47 Å². The fraction of sp³-hybridized carbons (Fsp3) is 0.538. The Morgan fingerprint density at radius 2 is 2.06 bits per heavy atom. The summed E-state index contributed by atoms with van der Waals surface area (Å²) in [7, 11) is 1.66. The van der Waals surface area contributed by atoms with E-state index in [4.69, 9.17) is 15.2 Å². The van der Waals surface area contributed by atoms with Crippen LogP contribution in [0.25, 0.3) is 0 Å². The fourth-order valence-electron chi connectivity index (χ4n) is 2.15. The highest BCUT2D eigenvalue weighted by molar-refractivity contribution is 5.33. The van der Waals surface area contributed by atoms with Crippen molar-refractivity contribution in [2.45, 2.75) is 31.3 Å². The van der Waals surface area contributed by atoms with E-state index in [1.165, 1.54) is 6.42 Å². The molecule has 0 aromatic heterocycles. The van der Waals surface area contributed by atoms with Gasteiger partial charge in [0.15, 0.2) is 0 Å². The predicted molar refractivity (Wildman–Crippen MR) is 63.9 cm³/mol. The van der Waals surface area contributed by atoms with Crippen LogP contribution in [-0.4, -0.2) is 19.3 Å². The Hall–Kier alpha value is -1.22. The van der Waals surface area contributed by atoms with E-state index < -0.39 is 0 Å². The molecule has 1 aliphatic rings. The van der Waals surface area contributed by atoms with Gasteiger partial charge in [0.25, 0.3) is 0 Å². The summed E-state index contributed by atoms with van der Waals surface area (Å²) >= 11 is 0. The lowest BCUT2D eigenvalue weighted by Gasteiger charge is -2.41. The lowest BCUT2D eigenvalue weighted by Crippen LogP contribution is -2.44. The van der Waals surface area contributed by atoms with Crippen LogP contribution >= 0.6 is 0 Å². The van der Waals surface area contributed by atoms with Gasteiger partial charge in [-0.1, -0.05) is 6.07 Å². The molecule has 0 spiro atoms. The third-order valence-corrected chi connectivity index (χ3v) is 3.24. The second-order valence-electron chi connectivity index (χ2n) is 4.36. The number of hydrogen-bond acceptors (Lipinski definition) is 3. The summed E-state index contributed by atoms with van der Waals surface area (Å²) in [4.78, 5) is 0. The average Bonchev–Trinajstić information content (AvgIpc) is 2.26. The van der Waals surface area contributed by atoms with Gasteiger partial charge in [-0.15, -0.1) is 0 Å². The highest BCUT2D eigenvalue weighted by Gasteiger charge is 2.38. The monoisotopic (exact) mass is 221 g/mol. The number of rotatable bonds is 5. The van der Waals surface area contributed by atoms with E-state index in [9.17, 15) is 0 Å². The van der Waals surface area contributed by atoms with Crippen molar-refractivity contribution in [3.05, 3.63) is 24.3 Å². The molecule has 0 amide bonds. The lowest BCUT2D eigenvalue weighted by atomic mass is 9.77. The van der Waals surface area contributed by atoms with E-state index in [0.29, 0.717) is 6.54 Å². The minimum absolute atomic E-state index is 0.0128. The predicted octanol–water partition coefficient (Wildman–Crippen LogP) is 2.35. The average molecular weight is 221 g/mol. The van der Waals surface area contributed by atoms with Gasteiger partial charge in [0.1, 0.15) is 17.1 Å². The summed E-state index contributed by atoms with van der Waals surface area (Å²) in [6, 6.07) is 7.77. The Kier molecular flexibility index (Phi) is 3.34. The number of nitrogens with two attached hydrogens (primary N) is 1. The Bertz CT molecular complexity index is 348. The first kappa shape index (κ1) is 11.3. The van der Waals surface area contributed by atoms with Crippen LogP contribution in [0.15, 0.2) is 24.3 Å². The quantitative estimate of drug-likeness (QED) is 0.830. The molecule has 16 heavy (non-hydrogen) atoms. The van der Waals surface area contributed by atoms with E-state index in [1.54, 1.807) is 7.11 Å². The lowest BCUT2D eigenvalue weighted by molar-refractivity contribution is -0.0126. The van der Waals surface area contributed by atoms with E-state index in [-0.39, 0.29) is 5.60 Å². The number of ether oxygens (including phenoxy) is 2. The van der Waals surface area contributed by atoms with Gasteiger partial charge in [-0.3, -0.25) is 0 Å². The molecule has 1 saturated carbocycles. The number of hydrogen-bond donors (Lipinski definition) is 1. The fourth-order valence-corrected chi connectivity index (χ4v) is 2.15. The summed E-state index contributed by atoms with van der Waals surface area (Å²) in [5.41, 5.74) is 5.62. The van der Waals surface area contributed by atoms with Crippen molar-refractivity contribution in [3.8, 4) is 11.5 Å². The van der Waals surface area contributed by atoms with Crippen molar-refractivity contribution in [1.29, 1.82) is 0 Å². The molecular weight excluding hydrogens is 202 g/mol. The highest BCUT2D eigenvalue weighted by Crippen LogP contribution is 2.39. The van der Waals surface area contributed by atoms with Gasteiger partial charge in [-0.05, 0) is 44.4 Å². The van der Waals surface area contributed by atoms with Crippen LogP contribution in [0.1, 0.15) is 25.7 Å². The minimum Gasteiger partial charge on any atom is -0.497 e. The zero-order valence-corrected chi connectivity index (χ0v) is 9.74. The Morgan fingerprint density at radius 3 is 2.62 bits per heavy atom. The highest BCUT2D eigenvalue weighted by atomic mass is 16.5. The first-order valence-corrected chi connectivity index (χ1v) is 5.81. The molecule has 1 aromatic carbocycles. The van der Waals surface area contributed by atoms with Crippen LogP contribution in [0.4, 0.5) is 0 Å². The van der Waals surface area contributed by atoms with Crippen LogP contribution in [-0.2, 0) is 0 Å². The molecule has 0 bridgehead atoms. The standard InChI is InChI=1S/C13H19NO2/c1-15-11-4-2-5-12(10-11)16-13(8-9-14)6-3-7-13/h2,4-5,10H,3,6-9,14H2,1H3. The molecule has 3 heteroatoms. The molecule has 88 valence electrons. The van der Waals surface area contributed by atoms with Gasteiger partial charge < -0.3 is 15.2 Å². The zero-order valence-electron chi connectivity index (χ0n) is 9.74. The molecular formula is C13H19NO2. The van der Waals surface area contributed by atoms with E-state index in [0.717, 1.165) is 30.8 Å². The van der Waals surface area contributed by atoms with Crippen LogP contribution in [0.5, 0.6) is 11.5 Å². The van der Waals surface area contributed by atoms with Gasteiger partial charge in [-0.25, -0.2) is 0 Å². The summed E-state index contributed by atoms with van der Waals surface area (Å²) in [5, 5.41) is 0. The maximum absolute atomic E-state index is 6.06. The topological polar surface area (TPSA) is 44.5 Å². The van der Waals surface area contributed by atoms with Crippen molar-refractivity contribution in [2.75, 3.05) is 13.7 Å². The van der Waals surface area contributed by atoms with Crippen molar-refractivity contribution in [2.24, 2.45) is 5.73 Å². The second-order valence-corrected chi connectivity index (χ2v) is 4.36. The summed E-state index contributed by atoms with van der Waals surface area (Å²) in [5.74, 6) is 1.72. The molecule has 0 aliphatic heterocycles. The van der Waals surface area contributed by atoms with Crippen LogP contribution in [0, 0.1) is 0 Å². The molecule has 1 fully saturated rings. The first-order chi connectivity index (χ1) is 7.78. The molecule has 3 nitrogen and oxygen atoms in total. The van der Waals surface area contributed by atoms with Gasteiger partial charge in [0.2, 0.25) is 0 Å². The normalized spacial score (nSPS) is 17.6. The van der Waals surface area contributed by atoms with E-state index in [1.807, 2.05) is 24.3 Å². The number of methoxy groups -OCH3 is 1. The maximum atomic E-state index is 6.06. The Balaban J connectivity index is 2.06. The third-order valence-electron chi connectivity index (χ3n) is 3.24. The number of benzene rings is 1. The summed E-state index contributed by atoms with van der Waals surface area (Å²) in [6.45, 7) is 0.684. The molecule has 2 rings (SSSR count). The SMILES string of the molecule is COc1cccc(OC2(CCN)CCC2)c1. The van der Waals surface area contributed by atoms with Crippen LogP contribution in [0.2, 0.25) is 0 Å². The Labute approximate surface area is 96.5 Å². The molecule has 0 unspecified atom stereocenters.